The zero-order chi connectivity index (χ0) is 33.6. The molecular weight excluding hydrogens is 632 g/mol. The summed E-state index contributed by atoms with van der Waals surface area (Å²) in [6, 6.07) is 29.6. The van der Waals surface area contributed by atoms with Crippen LogP contribution in [-0.2, 0) is 14.3 Å². The normalized spacial score (nSPS) is 14.1. The van der Waals surface area contributed by atoms with Crippen molar-refractivity contribution >= 4 is 41.0 Å². The number of Topliss-reactive ketones (excluding diaryl/α,β-unsaturated/α-hetero) is 1. The van der Waals surface area contributed by atoms with Gasteiger partial charge in [-0.15, -0.1) is 10.2 Å². The number of carbonyl (C=O) groups excluding carboxylic acids is 4. The van der Waals surface area contributed by atoms with Crippen LogP contribution >= 0.6 is 11.8 Å². The fourth-order valence-electron chi connectivity index (χ4n) is 5.10. The molecule has 1 unspecified atom stereocenters. The number of aromatic nitrogens is 3. The second kappa shape index (κ2) is 14.3. The van der Waals surface area contributed by atoms with Crippen LogP contribution in [0, 0.1) is 0 Å². The van der Waals surface area contributed by atoms with E-state index < -0.39 is 35.4 Å². The van der Waals surface area contributed by atoms with Crippen molar-refractivity contribution in [3.8, 4) is 34.0 Å². The highest BCUT2D eigenvalue weighted by Crippen LogP contribution is 2.35. The zero-order valence-corrected chi connectivity index (χ0v) is 26.7. The lowest BCUT2D eigenvalue weighted by Gasteiger charge is -2.15. The van der Waals surface area contributed by atoms with Gasteiger partial charge in [0, 0.05) is 23.1 Å². The van der Waals surface area contributed by atoms with Crippen molar-refractivity contribution in [2.75, 3.05) is 25.7 Å². The number of hydrogen-bond acceptors (Lipinski definition) is 11. The number of methoxy groups -OCH3 is 2. The molecule has 240 valence electrons. The van der Waals surface area contributed by atoms with Gasteiger partial charge in [0.05, 0.1) is 25.5 Å². The third-order valence-corrected chi connectivity index (χ3v) is 8.55. The number of amides is 2. The molecule has 0 saturated carbocycles. The standard InChI is InChI=1S/C36H28N4O7S/c1-45-28-18-15-25(19-29(28)46-2)27(41)21-47-35(44)24-13-16-26(17-14-24)40-31(42)20-30(34(40)43)48-36-37-32(22-9-5-3-6-10-22)33(38-39-36)23-11-7-4-8-12-23/h3-19,30H,20-21H2,1-2H3. The second-order valence-electron chi connectivity index (χ2n) is 10.5. The molecule has 12 heteroatoms. The summed E-state index contributed by atoms with van der Waals surface area (Å²) in [6.45, 7) is -0.493. The minimum atomic E-state index is -0.766. The first-order valence-corrected chi connectivity index (χ1v) is 15.7. The Balaban J connectivity index is 1.12. The smallest absolute Gasteiger partial charge is 0.338 e. The maximum Gasteiger partial charge on any atom is 0.338 e. The number of rotatable bonds is 11. The first-order chi connectivity index (χ1) is 23.4. The summed E-state index contributed by atoms with van der Waals surface area (Å²) in [7, 11) is 2.94. The Bertz CT molecular complexity index is 1990. The molecule has 1 fully saturated rings. The largest absolute Gasteiger partial charge is 0.493 e. The maximum absolute atomic E-state index is 13.4. The molecule has 2 amide bonds. The molecule has 0 spiro atoms. The van der Waals surface area contributed by atoms with E-state index in [4.69, 9.17) is 19.2 Å². The number of imide groups is 1. The van der Waals surface area contributed by atoms with Gasteiger partial charge in [-0.3, -0.25) is 14.4 Å². The van der Waals surface area contributed by atoms with Gasteiger partial charge in [-0.25, -0.2) is 14.7 Å². The van der Waals surface area contributed by atoms with Crippen molar-refractivity contribution in [2.45, 2.75) is 16.8 Å². The molecule has 1 saturated heterocycles. The zero-order valence-electron chi connectivity index (χ0n) is 25.9. The number of ether oxygens (including phenoxy) is 3. The Kier molecular flexibility index (Phi) is 9.53. The van der Waals surface area contributed by atoms with Crippen molar-refractivity contribution in [2.24, 2.45) is 0 Å². The predicted molar refractivity (Wildman–Crippen MR) is 178 cm³/mol. The molecule has 0 N–H and O–H groups in total. The van der Waals surface area contributed by atoms with Gasteiger partial charge in [0.2, 0.25) is 17.0 Å². The summed E-state index contributed by atoms with van der Waals surface area (Å²) < 4.78 is 15.6. The van der Waals surface area contributed by atoms with Gasteiger partial charge < -0.3 is 14.2 Å². The van der Waals surface area contributed by atoms with Crippen LogP contribution in [0.15, 0.2) is 108 Å². The van der Waals surface area contributed by atoms with Gasteiger partial charge in [0.25, 0.3) is 0 Å². The van der Waals surface area contributed by atoms with Gasteiger partial charge in [0.1, 0.15) is 16.6 Å². The van der Waals surface area contributed by atoms with E-state index in [1.807, 2.05) is 60.7 Å². The van der Waals surface area contributed by atoms with Gasteiger partial charge in [-0.05, 0) is 42.5 Å². The summed E-state index contributed by atoms with van der Waals surface area (Å²) in [4.78, 5) is 57.6. The highest BCUT2D eigenvalue weighted by atomic mass is 32.2. The Morgan fingerprint density at radius 2 is 1.40 bits per heavy atom. The number of nitrogens with zero attached hydrogens (tertiary/aromatic N) is 4. The molecule has 1 aliphatic heterocycles. The average Bonchev–Trinajstić information content (AvgIpc) is 3.42. The maximum atomic E-state index is 13.4. The molecule has 2 heterocycles. The quantitative estimate of drug-likeness (QED) is 0.0982. The Hall–Kier alpha value is -5.88. The van der Waals surface area contributed by atoms with E-state index in [0.717, 1.165) is 27.8 Å². The Labute approximate surface area is 279 Å². The number of hydrogen-bond donors (Lipinski definition) is 0. The summed E-state index contributed by atoms with van der Waals surface area (Å²) in [6.07, 6.45) is -0.0595. The third kappa shape index (κ3) is 6.79. The van der Waals surface area contributed by atoms with Crippen LogP contribution in [-0.4, -0.2) is 64.8 Å². The van der Waals surface area contributed by atoms with Crippen LogP contribution in [0.25, 0.3) is 22.5 Å². The molecule has 5 aromatic rings. The minimum Gasteiger partial charge on any atom is -0.493 e. The van der Waals surface area contributed by atoms with Crippen LogP contribution < -0.4 is 14.4 Å². The molecule has 6 rings (SSSR count). The molecule has 11 nitrogen and oxygen atoms in total. The molecule has 48 heavy (non-hydrogen) atoms. The number of thioether (sulfide) groups is 1. The van der Waals surface area contributed by atoms with Crippen LogP contribution in [0.5, 0.6) is 11.5 Å². The monoisotopic (exact) mass is 660 g/mol. The van der Waals surface area contributed by atoms with E-state index in [1.54, 1.807) is 12.1 Å². The number of carbonyl (C=O) groups is 4. The van der Waals surface area contributed by atoms with Crippen molar-refractivity contribution in [1.29, 1.82) is 0 Å². The first-order valence-electron chi connectivity index (χ1n) is 14.8. The summed E-state index contributed by atoms with van der Waals surface area (Å²) in [5.41, 5.74) is 3.64. The average molecular weight is 661 g/mol. The van der Waals surface area contributed by atoms with E-state index in [0.29, 0.717) is 34.1 Å². The number of esters is 1. The highest BCUT2D eigenvalue weighted by molar-refractivity contribution is 8.00. The molecule has 0 aliphatic carbocycles. The lowest BCUT2D eigenvalue weighted by atomic mass is 10.0. The van der Waals surface area contributed by atoms with Crippen LogP contribution in [0.4, 0.5) is 5.69 Å². The molecule has 0 bridgehead atoms. The molecule has 0 radical (unpaired) electrons. The van der Waals surface area contributed by atoms with Gasteiger partial charge in [0.15, 0.2) is 23.9 Å². The molecule has 1 aromatic heterocycles. The SMILES string of the molecule is COc1ccc(C(=O)COC(=O)c2ccc(N3C(=O)CC(Sc4nnc(-c5ccccc5)c(-c5ccccc5)n4)C3=O)cc2)cc1OC. The van der Waals surface area contributed by atoms with Crippen molar-refractivity contribution < 1.29 is 33.4 Å². The predicted octanol–water partition coefficient (Wildman–Crippen LogP) is 5.69. The van der Waals surface area contributed by atoms with Gasteiger partial charge in [-0.2, -0.15) is 0 Å². The Morgan fingerprint density at radius 3 is 2.04 bits per heavy atom. The Morgan fingerprint density at radius 1 is 0.771 bits per heavy atom. The second-order valence-corrected chi connectivity index (χ2v) is 11.7. The summed E-state index contributed by atoms with van der Waals surface area (Å²) in [5.74, 6) is -1.16. The fourth-order valence-corrected chi connectivity index (χ4v) is 6.02. The van der Waals surface area contributed by atoms with E-state index in [9.17, 15) is 19.2 Å². The molecule has 1 atom stereocenters. The summed E-state index contributed by atoms with van der Waals surface area (Å²) >= 11 is 1.08. The van der Waals surface area contributed by atoms with Crippen molar-refractivity contribution in [3.63, 3.8) is 0 Å². The van der Waals surface area contributed by atoms with E-state index in [1.165, 1.54) is 44.6 Å². The fraction of sp³-hybridized carbons (Fsp3) is 0.139. The van der Waals surface area contributed by atoms with E-state index in [2.05, 4.69) is 10.2 Å². The molecular formula is C36H28N4O7S. The van der Waals surface area contributed by atoms with Crippen LogP contribution in [0.3, 0.4) is 0 Å². The van der Waals surface area contributed by atoms with E-state index >= 15 is 0 Å². The first kappa shape index (κ1) is 32.1. The van der Waals surface area contributed by atoms with Crippen molar-refractivity contribution in [3.05, 3.63) is 114 Å². The lowest BCUT2D eigenvalue weighted by molar-refractivity contribution is -0.121. The molecule has 4 aromatic carbocycles. The third-order valence-electron chi connectivity index (χ3n) is 7.52. The van der Waals surface area contributed by atoms with Crippen LogP contribution in [0.2, 0.25) is 0 Å². The molecule has 1 aliphatic rings. The minimum absolute atomic E-state index is 0.0595. The number of anilines is 1. The topological polar surface area (TPSA) is 138 Å². The lowest BCUT2D eigenvalue weighted by Crippen LogP contribution is -2.31. The number of ketones is 1. The summed E-state index contributed by atoms with van der Waals surface area (Å²) in [5, 5.41) is 8.24. The van der Waals surface area contributed by atoms with Gasteiger partial charge >= 0.3 is 5.97 Å². The number of benzene rings is 4. The van der Waals surface area contributed by atoms with Crippen LogP contribution in [0.1, 0.15) is 27.1 Å². The van der Waals surface area contributed by atoms with E-state index in [-0.39, 0.29) is 17.1 Å². The highest BCUT2D eigenvalue weighted by Gasteiger charge is 2.41. The van der Waals surface area contributed by atoms with Gasteiger partial charge in [-0.1, -0.05) is 72.4 Å². The van der Waals surface area contributed by atoms with Crippen molar-refractivity contribution in [1.82, 2.24) is 15.2 Å².